The molecule has 5 nitrogen and oxygen atoms in total. The van der Waals surface area contributed by atoms with Gasteiger partial charge in [0.15, 0.2) is 0 Å². The molecule has 0 spiro atoms. The molecule has 0 bridgehead atoms. The lowest BCUT2D eigenvalue weighted by Gasteiger charge is -2.31. The van der Waals surface area contributed by atoms with Gasteiger partial charge in [0.05, 0.1) is 5.69 Å². The van der Waals surface area contributed by atoms with Gasteiger partial charge in [-0.25, -0.2) is 9.97 Å². The van der Waals surface area contributed by atoms with Crippen molar-refractivity contribution in [1.29, 1.82) is 0 Å². The van der Waals surface area contributed by atoms with E-state index in [9.17, 15) is 0 Å². The van der Waals surface area contributed by atoms with Crippen LogP contribution in [0.4, 0.5) is 0 Å². The average Bonchev–Trinajstić information content (AvgIpc) is 2.82. The van der Waals surface area contributed by atoms with Gasteiger partial charge in [0.1, 0.15) is 0 Å². The number of piperidine rings is 1. The second-order valence-corrected chi connectivity index (χ2v) is 4.90. The number of nitrogens with zero attached hydrogens (tertiary/aromatic N) is 4. The molecule has 2 aromatic heterocycles. The zero-order valence-corrected chi connectivity index (χ0v) is 10.7. The Hall–Kier alpha value is -1.46. The molecule has 96 valence electrons. The number of fused-ring (bicyclic) bond motifs is 1. The van der Waals surface area contributed by atoms with Crippen molar-refractivity contribution in [3.05, 3.63) is 30.4 Å². The normalized spacial score (nSPS) is 18.5. The number of aromatic nitrogens is 3. The lowest BCUT2D eigenvalue weighted by atomic mass is 10.1. The first kappa shape index (κ1) is 11.6. The number of hydrogen-bond acceptors (Lipinski definition) is 4. The minimum absolute atomic E-state index is 0.684. The number of rotatable bonds is 3. The number of likely N-dealkylation sites (tertiary alicyclic amines) is 1. The van der Waals surface area contributed by atoms with E-state index in [-0.39, 0.29) is 0 Å². The maximum atomic E-state index is 4.54. The van der Waals surface area contributed by atoms with E-state index < -0.39 is 0 Å². The topological polar surface area (TPSA) is 45.5 Å². The first-order valence-corrected chi connectivity index (χ1v) is 6.53. The first-order valence-electron chi connectivity index (χ1n) is 6.53. The standard InChI is InChI=1S/C13H19N5/c1-14-11-3-7-17(8-4-11)9-12-10-18-6-2-5-15-13(18)16-12/h2,5-6,10-11,14H,3-4,7-9H2,1H3. The summed E-state index contributed by atoms with van der Waals surface area (Å²) in [6, 6.07) is 2.61. The van der Waals surface area contributed by atoms with Gasteiger partial charge in [0.2, 0.25) is 5.78 Å². The predicted octanol–water partition coefficient (Wildman–Crippen LogP) is 0.913. The quantitative estimate of drug-likeness (QED) is 0.873. The Morgan fingerprint density at radius 2 is 2.22 bits per heavy atom. The fourth-order valence-corrected chi connectivity index (χ4v) is 2.56. The highest BCUT2D eigenvalue weighted by atomic mass is 15.2. The van der Waals surface area contributed by atoms with E-state index in [2.05, 4.69) is 26.4 Å². The zero-order valence-electron chi connectivity index (χ0n) is 10.7. The number of nitrogens with one attached hydrogen (secondary N) is 1. The molecule has 0 atom stereocenters. The minimum Gasteiger partial charge on any atom is -0.317 e. The van der Waals surface area contributed by atoms with Crippen LogP contribution in [-0.2, 0) is 6.54 Å². The molecule has 0 aromatic carbocycles. The van der Waals surface area contributed by atoms with Crippen LogP contribution in [0.5, 0.6) is 0 Å². The fraction of sp³-hybridized carbons (Fsp3) is 0.538. The molecule has 1 fully saturated rings. The maximum absolute atomic E-state index is 4.54. The van der Waals surface area contributed by atoms with Gasteiger partial charge in [0, 0.05) is 44.3 Å². The monoisotopic (exact) mass is 245 g/mol. The van der Waals surface area contributed by atoms with Crippen LogP contribution in [0.15, 0.2) is 24.7 Å². The van der Waals surface area contributed by atoms with Crippen molar-refractivity contribution in [2.45, 2.75) is 25.4 Å². The largest absolute Gasteiger partial charge is 0.317 e. The van der Waals surface area contributed by atoms with Crippen molar-refractivity contribution in [1.82, 2.24) is 24.6 Å². The van der Waals surface area contributed by atoms with Crippen molar-refractivity contribution >= 4 is 5.78 Å². The summed E-state index contributed by atoms with van der Waals surface area (Å²) in [5.74, 6) is 0.789. The fourth-order valence-electron chi connectivity index (χ4n) is 2.56. The molecule has 0 unspecified atom stereocenters. The van der Waals surface area contributed by atoms with Crippen LogP contribution in [0.1, 0.15) is 18.5 Å². The highest BCUT2D eigenvalue weighted by Crippen LogP contribution is 2.13. The lowest BCUT2D eigenvalue weighted by Crippen LogP contribution is -2.40. The second-order valence-electron chi connectivity index (χ2n) is 4.90. The van der Waals surface area contributed by atoms with E-state index in [4.69, 9.17) is 0 Å². The lowest BCUT2D eigenvalue weighted by molar-refractivity contribution is 0.193. The molecule has 18 heavy (non-hydrogen) atoms. The third kappa shape index (κ3) is 2.37. The summed E-state index contributed by atoms with van der Waals surface area (Å²) in [6.45, 7) is 3.22. The second kappa shape index (κ2) is 5.04. The molecule has 1 aliphatic rings. The van der Waals surface area contributed by atoms with Gasteiger partial charge in [-0.15, -0.1) is 0 Å². The Labute approximate surface area is 107 Å². The summed E-state index contributed by atoms with van der Waals surface area (Å²) in [5.41, 5.74) is 1.11. The van der Waals surface area contributed by atoms with Crippen LogP contribution < -0.4 is 5.32 Å². The van der Waals surface area contributed by atoms with Gasteiger partial charge < -0.3 is 5.32 Å². The summed E-state index contributed by atoms with van der Waals surface area (Å²) in [4.78, 5) is 11.3. The van der Waals surface area contributed by atoms with E-state index in [1.807, 2.05) is 23.7 Å². The van der Waals surface area contributed by atoms with Crippen LogP contribution in [0.25, 0.3) is 5.78 Å². The van der Waals surface area contributed by atoms with Gasteiger partial charge in [0.25, 0.3) is 0 Å². The summed E-state index contributed by atoms with van der Waals surface area (Å²) >= 11 is 0. The highest BCUT2D eigenvalue weighted by Gasteiger charge is 2.18. The van der Waals surface area contributed by atoms with Gasteiger partial charge >= 0.3 is 0 Å². The van der Waals surface area contributed by atoms with E-state index in [1.54, 1.807) is 6.20 Å². The molecule has 0 aliphatic carbocycles. The summed E-state index contributed by atoms with van der Waals surface area (Å²) < 4.78 is 1.98. The predicted molar refractivity (Wildman–Crippen MR) is 70.3 cm³/mol. The Bertz CT molecular complexity index is 480. The molecule has 0 radical (unpaired) electrons. The average molecular weight is 245 g/mol. The Morgan fingerprint density at radius 3 is 2.94 bits per heavy atom. The molecule has 5 heteroatoms. The van der Waals surface area contributed by atoms with Crippen LogP contribution >= 0.6 is 0 Å². The molecular weight excluding hydrogens is 226 g/mol. The summed E-state index contributed by atoms with van der Waals surface area (Å²) in [7, 11) is 2.05. The summed E-state index contributed by atoms with van der Waals surface area (Å²) in [5, 5.41) is 3.35. The zero-order chi connectivity index (χ0) is 12.4. The van der Waals surface area contributed by atoms with Crippen molar-refractivity contribution in [3.63, 3.8) is 0 Å². The van der Waals surface area contributed by atoms with E-state index in [0.717, 1.165) is 31.1 Å². The van der Waals surface area contributed by atoms with Crippen LogP contribution in [0.2, 0.25) is 0 Å². The Kier molecular flexibility index (Phi) is 3.25. The Morgan fingerprint density at radius 1 is 1.39 bits per heavy atom. The molecule has 0 amide bonds. The van der Waals surface area contributed by atoms with Gasteiger partial charge in [-0.1, -0.05) is 0 Å². The molecule has 0 saturated carbocycles. The molecule has 2 aromatic rings. The molecule has 1 saturated heterocycles. The van der Waals surface area contributed by atoms with Crippen molar-refractivity contribution in [2.24, 2.45) is 0 Å². The molecule has 1 N–H and O–H groups in total. The molecular formula is C13H19N5. The SMILES string of the molecule is CNC1CCN(Cc2cn3cccnc3n2)CC1. The number of imidazole rings is 1. The molecule has 3 rings (SSSR count). The van der Waals surface area contributed by atoms with Crippen LogP contribution in [0, 0.1) is 0 Å². The number of hydrogen-bond donors (Lipinski definition) is 1. The minimum atomic E-state index is 0.684. The third-order valence-electron chi connectivity index (χ3n) is 3.67. The maximum Gasteiger partial charge on any atom is 0.233 e. The third-order valence-corrected chi connectivity index (χ3v) is 3.67. The van der Waals surface area contributed by atoms with E-state index >= 15 is 0 Å². The van der Waals surface area contributed by atoms with Crippen molar-refractivity contribution in [2.75, 3.05) is 20.1 Å². The van der Waals surface area contributed by atoms with Crippen molar-refractivity contribution < 1.29 is 0 Å². The molecule has 3 heterocycles. The van der Waals surface area contributed by atoms with Crippen molar-refractivity contribution in [3.8, 4) is 0 Å². The van der Waals surface area contributed by atoms with E-state index in [0.29, 0.717) is 6.04 Å². The highest BCUT2D eigenvalue weighted by molar-refractivity contribution is 5.29. The summed E-state index contributed by atoms with van der Waals surface area (Å²) in [6.07, 6.45) is 8.30. The smallest absolute Gasteiger partial charge is 0.233 e. The van der Waals surface area contributed by atoms with Crippen LogP contribution in [-0.4, -0.2) is 45.4 Å². The van der Waals surface area contributed by atoms with Crippen LogP contribution in [0.3, 0.4) is 0 Å². The Balaban J connectivity index is 1.66. The van der Waals surface area contributed by atoms with Gasteiger partial charge in [-0.2, -0.15) is 0 Å². The van der Waals surface area contributed by atoms with Gasteiger partial charge in [-0.3, -0.25) is 9.30 Å². The first-order chi connectivity index (χ1) is 8.85. The molecule has 1 aliphatic heterocycles. The van der Waals surface area contributed by atoms with E-state index in [1.165, 1.54) is 12.8 Å². The van der Waals surface area contributed by atoms with Gasteiger partial charge in [-0.05, 0) is 26.0 Å².